The Kier molecular flexibility index (Phi) is 5.35. The quantitative estimate of drug-likeness (QED) is 0.601. The van der Waals surface area contributed by atoms with Gasteiger partial charge in [-0.1, -0.05) is 41.9 Å². The van der Waals surface area contributed by atoms with E-state index in [1.54, 1.807) is 31.5 Å². The monoisotopic (exact) mass is 427 g/mol. The first kappa shape index (κ1) is 20.2. The van der Waals surface area contributed by atoms with Crippen LogP contribution in [0.5, 0.6) is 5.75 Å². The number of alkyl halides is 2. The lowest BCUT2D eigenvalue weighted by atomic mass is 9.74. The first-order chi connectivity index (χ1) is 14.4. The molecule has 0 aliphatic carbocycles. The van der Waals surface area contributed by atoms with Crippen LogP contribution in [0.1, 0.15) is 16.7 Å². The van der Waals surface area contributed by atoms with Gasteiger partial charge in [0.2, 0.25) is 0 Å². The summed E-state index contributed by atoms with van der Waals surface area (Å²) in [6.07, 6.45) is 5.31. The molecule has 0 fully saturated rings. The number of hydrogen-bond donors (Lipinski definition) is 2. The van der Waals surface area contributed by atoms with Crippen LogP contribution in [0.25, 0.3) is 11.1 Å². The molecule has 0 amide bonds. The number of nitrogens with zero attached hydrogens (tertiary/aromatic N) is 1. The van der Waals surface area contributed by atoms with Crippen molar-refractivity contribution in [3.8, 4) is 16.9 Å². The molecule has 2 aromatic carbocycles. The Hall–Kier alpha value is -3.12. The van der Waals surface area contributed by atoms with Crippen molar-refractivity contribution in [1.82, 2.24) is 10.3 Å². The average Bonchev–Trinajstić information content (AvgIpc) is 3.12. The third-order valence-electron chi connectivity index (χ3n) is 5.30. The van der Waals surface area contributed by atoms with Crippen molar-refractivity contribution in [2.75, 3.05) is 6.54 Å². The van der Waals surface area contributed by atoms with Gasteiger partial charge in [-0.3, -0.25) is 4.98 Å². The Labute approximate surface area is 178 Å². The van der Waals surface area contributed by atoms with Gasteiger partial charge in [-0.15, -0.1) is 0 Å². The largest absolute Gasteiger partial charge is 0.435 e. The number of nitrogens with one attached hydrogen (secondary N) is 1. The minimum atomic E-state index is -2.87. The number of pyridine rings is 1. The first-order valence-electron chi connectivity index (χ1n) is 9.37. The smallest absolute Gasteiger partial charge is 0.387 e. The van der Waals surface area contributed by atoms with E-state index in [2.05, 4.69) is 21.1 Å². The number of nitrogens with two attached hydrogens (primary N) is 1. The van der Waals surface area contributed by atoms with Crippen LogP contribution in [-0.2, 0) is 5.41 Å². The predicted molar refractivity (Wildman–Crippen MR) is 114 cm³/mol. The highest BCUT2D eigenvalue weighted by molar-refractivity contribution is 6.30. The maximum Gasteiger partial charge on any atom is 0.387 e. The molecule has 0 saturated carbocycles. The molecule has 7 heteroatoms. The fraction of sp³-hybridized carbons (Fsp3) is 0.174. The summed E-state index contributed by atoms with van der Waals surface area (Å²) in [6.45, 7) is -0.571. The summed E-state index contributed by atoms with van der Waals surface area (Å²) in [5, 5.41) is 3.76. The lowest BCUT2D eigenvalue weighted by molar-refractivity contribution is -0.0503. The fourth-order valence-corrected chi connectivity index (χ4v) is 4.02. The highest BCUT2D eigenvalue weighted by Crippen LogP contribution is 2.40. The second-order valence-corrected chi connectivity index (χ2v) is 7.69. The van der Waals surface area contributed by atoms with Crippen molar-refractivity contribution in [1.29, 1.82) is 0 Å². The van der Waals surface area contributed by atoms with Crippen molar-refractivity contribution in [2.24, 2.45) is 5.73 Å². The Morgan fingerprint density at radius 3 is 2.57 bits per heavy atom. The number of ether oxygens (including phenoxy) is 1. The minimum absolute atomic E-state index is 0.158. The molecule has 30 heavy (non-hydrogen) atoms. The van der Waals surface area contributed by atoms with Crippen LogP contribution in [-0.4, -0.2) is 18.1 Å². The molecule has 154 valence electrons. The zero-order valence-corrected chi connectivity index (χ0v) is 17.0. The van der Waals surface area contributed by atoms with Gasteiger partial charge in [0.05, 0.1) is 16.3 Å². The van der Waals surface area contributed by atoms with Crippen LogP contribution < -0.4 is 15.8 Å². The van der Waals surface area contributed by atoms with Gasteiger partial charge in [0.15, 0.2) is 0 Å². The molecular weight excluding hydrogens is 408 g/mol. The molecule has 0 bridgehead atoms. The number of aryl methyl sites for hydroxylation is 1. The summed E-state index contributed by atoms with van der Waals surface area (Å²) in [5.74, 6) is 0.723. The molecule has 0 spiro atoms. The van der Waals surface area contributed by atoms with E-state index in [1.165, 1.54) is 0 Å². The lowest BCUT2D eigenvalue weighted by Gasteiger charge is -2.29. The maximum atomic E-state index is 12.7. The summed E-state index contributed by atoms with van der Waals surface area (Å²) in [4.78, 5) is 4.17. The van der Waals surface area contributed by atoms with Gasteiger partial charge >= 0.3 is 6.61 Å². The SMILES string of the molecule is Cc1cc(C2(c3cccc(-c4cncc(Cl)c4)c3)C=C(N)NC2)ccc1OC(F)F. The molecule has 1 aliphatic heterocycles. The Morgan fingerprint density at radius 2 is 1.90 bits per heavy atom. The van der Waals surface area contributed by atoms with Gasteiger partial charge in [-0.2, -0.15) is 8.78 Å². The van der Waals surface area contributed by atoms with Crippen molar-refractivity contribution in [2.45, 2.75) is 19.0 Å². The molecule has 4 nitrogen and oxygen atoms in total. The van der Waals surface area contributed by atoms with E-state index in [0.29, 0.717) is 23.0 Å². The van der Waals surface area contributed by atoms with Crippen LogP contribution in [0, 0.1) is 6.92 Å². The zero-order valence-electron chi connectivity index (χ0n) is 16.2. The molecule has 2 heterocycles. The van der Waals surface area contributed by atoms with Gasteiger partial charge in [0.1, 0.15) is 5.75 Å². The number of halogens is 3. The summed E-state index contributed by atoms with van der Waals surface area (Å²) >= 11 is 6.11. The Morgan fingerprint density at radius 1 is 1.10 bits per heavy atom. The van der Waals surface area contributed by atoms with Crippen LogP contribution in [0.2, 0.25) is 5.02 Å². The molecule has 3 aromatic rings. The maximum absolute atomic E-state index is 12.7. The van der Waals surface area contributed by atoms with Crippen molar-refractivity contribution >= 4 is 11.6 Å². The first-order valence-corrected chi connectivity index (χ1v) is 9.75. The van der Waals surface area contributed by atoms with Crippen molar-refractivity contribution in [3.63, 3.8) is 0 Å². The molecule has 0 saturated heterocycles. The highest BCUT2D eigenvalue weighted by atomic mass is 35.5. The summed E-state index contributed by atoms with van der Waals surface area (Å²) in [6, 6.07) is 15.2. The molecule has 1 unspecified atom stereocenters. The molecule has 1 aromatic heterocycles. The Balaban J connectivity index is 1.81. The van der Waals surface area contributed by atoms with Crippen LogP contribution >= 0.6 is 11.6 Å². The van der Waals surface area contributed by atoms with E-state index in [0.717, 1.165) is 22.3 Å². The second-order valence-electron chi connectivity index (χ2n) is 7.26. The third-order valence-corrected chi connectivity index (χ3v) is 5.50. The van der Waals surface area contributed by atoms with Gasteiger partial charge in [-0.25, -0.2) is 0 Å². The summed E-state index contributed by atoms with van der Waals surface area (Å²) in [7, 11) is 0. The van der Waals surface area contributed by atoms with E-state index < -0.39 is 12.0 Å². The molecule has 3 N–H and O–H groups in total. The van der Waals surface area contributed by atoms with E-state index in [1.807, 2.05) is 36.4 Å². The summed E-state index contributed by atoms with van der Waals surface area (Å²) < 4.78 is 29.9. The van der Waals surface area contributed by atoms with Gasteiger partial charge in [-0.05, 0) is 53.5 Å². The van der Waals surface area contributed by atoms with Gasteiger partial charge < -0.3 is 15.8 Å². The van der Waals surface area contributed by atoms with Crippen LogP contribution in [0.3, 0.4) is 0 Å². The average molecular weight is 428 g/mol. The molecule has 0 radical (unpaired) electrons. The van der Waals surface area contributed by atoms with Crippen LogP contribution in [0.15, 0.2) is 72.8 Å². The van der Waals surface area contributed by atoms with Gasteiger partial charge in [0, 0.05) is 24.5 Å². The number of benzene rings is 2. The topological polar surface area (TPSA) is 60.2 Å². The van der Waals surface area contributed by atoms with E-state index in [4.69, 9.17) is 17.3 Å². The Bertz CT molecular complexity index is 1120. The number of rotatable bonds is 5. The van der Waals surface area contributed by atoms with E-state index in [-0.39, 0.29) is 5.75 Å². The lowest BCUT2D eigenvalue weighted by Crippen LogP contribution is -2.31. The van der Waals surface area contributed by atoms with E-state index >= 15 is 0 Å². The van der Waals surface area contributed by atoms with Crippen LogP contribution in [0.4, 0.5) is 8.78 Å². The molecule has 4 rings (SSSR count). The predicted octanol–water partition coefficient (Wildman–Crippen LogP) is 5.00. The minimum Gasteiger partial charge on any atom is -0.435 e. The molecular formula is C23H20ClF2N3O. The standard InChI is InChI=1S/C23H20ClF2N3O/c1-14-7-18(5-6-20(14)30-22(25)26)23(10-21(27)29-13-23)17-4-2-3-15(8-17)16-9-19(24)12-28-11-16/h2-12,22,29H,13,27H2,1H3. The number of aromatic nitrogens is 1. The zero-order chi connectivity index (χ0) is 21.3. The summed E-state index contributed by atoms with van der Waals surface area (Å²) in [5.41, 5.74) is 9.96. The van der Waals surface area contributed by atoms with Crippen molar-refractivity contribution in [3.05, 3.63) is 94.5 Å². The van der Waals surface area contributed by atoms with E-state index in [9.17, 15) is 8.78 Å². The molecule has 1 atom stereocenters. The highest BCUT2D eigenvalue weighted by Gasteiger charge is 2.37. The van der Waals surface area contributed by atoms with Crippen molar-refractivity contribution < 1.29 is 13.5 Å². The fourth-order valence-electron chi connectivity index (χ4n) is 3.85. The second kappa shape index (κ2) is 7.95. The van der Waals surface area contributed by atoms with Gasteiger partial charge in [0.25, 0.3) is 0 Å². The number of hydrogen-bond acceptors (Lipinski definition) is 4. The normalized spacial score (nSPS) is 18.2. The third kappa shape index (κ3) is 3.83. The molecule has 1 aliphatic rings.